The van der Waals surface area contributed by atoms with Crippen LogP contribution in [-0.2, 0) is 17.6 Å². The van der Waals surface area contributed by atoms with E-state index in [1.54, 1.807) is 31.6 Å². The average Bonchev–Trinajstić information content (AvgIpc) is 3.22. The van der Waals surface area contributed by atoms with Gasteiger partial charge in [0, 0.05) is 49.5 Å². The Balaban J connectivity index is 1.80. The number of halogens is 3. The van der Waals surface area contributed by atoms with Crippen LogP contribution in [0.5, 0.6) is 11.5 Å². The molecule has 10 heteroatoms. The van der Waals surface area contributed by atoms with E-state index in [-0.39, 0.29) is 24.7 Å². The minimum atomic E-state index is -2.76. The fourth-order valence-corrected chi connectivity index (χ4v) is 4.06. The van der Waals surface area contributed by atoms with Gasteiger partial charge in [0.2, 0.25) is 0 Å². The molecule has 2 N–H and O–H groups in total. The predicted molar refractivity (Wildman–Crippen MR) is 127 cm³/mol. The van der Waals surface area contributed by atoms with Gasteiger partial charge in [-0.2, -0.15) is 0 Å². The number of pyridine rings is 1. The largest absolute Gasteiger partial charge is 0.488 e. The number of amides is 1. The summed E-state index contributed by atoms with van der Waals surface area (Å²) in [5.74, 6) is -0.810. The summed E-state index contributed by atoms with van der Waals surface area (Å²) in [7, 11) is 1.59. The zero-order valence-electron chi connectivity index (χ0n) is 20.3. The van der Waals surface area contributed by atoms with Crippen molar-refractivity contribution >= 4 is 5.91 Å². The van der Waals surface area contributed by atoms with Gasteiger partial charge < -0.3 is 24.5 Å². The van der Waals surface area contributed by atoms with Crippen molar-refractivity contribution in [3.05, 3.63) is 64.9 Å². The molecule has 4 rings (SSSR count). The molecule has 0 unspecified atom stereocenters. The molecule has 192 valence electrons. The van der Waals surface area contributed by atoms with E-state index in [2.05, 4.69) is 15.3 Å². The molecule has 0 saturated carbocycles. The topological polar surface area (TPSA) is 85.5 Å². The molecular weight excluding hydrogens is 475 g/mol. The number of H-pyrrole nitrogens is 1. The molecular formula is C26H28F3N3O4. The van der Waals surface area contributed by atoms with Crippen molar-refractivity contribution in [2.45, 2.75) is 38.7 Å². The molecule has 36 heavy (non-hydrogen) atoms. The van der Waals surface area contributed by atoms with Gasteiger partial charge in [-0.3, -0.25) is 9.78 Å². The second-order valence-corrected chi connectivity index (χ2v) is 9.07. The number of aromatic nitrogens is 2. The SMILES string of the molecule is COC(C)(C)COc1cnccc1-c1[nH]c2c(c1Cc1cccc(F)c1OCC(F)F)C(=O)NCC2. The molecule has 0 radical (unpaired) electrons. The monoisotopic (exact) mass is 503 g/mol. The highest BCUT2D eigenvalue weighted by molar-refractivity contribution is 6.00. The molecule has 0 spiro atoms. The normalized spacial score (nSPS) is 13.5. The van der Waals surface area contributed by atoms with Crippen LogP contribution in [0.1, 0.15) is 41.0 Å². The molecule has 1 aromatic carbocycles. The minimum absolute atomic E-state index is 0.0657. The second-order valence-electron chi connectivity index (χ2n) is 9.07. The molecule has 0 aliphatic carbocycles. The first-order chi connectivity index (χ1) is 17.2. The van der Waals surface area contributed by atoms with E-state index in [4.69, 9.17) is 14.2 Å². The zero-order chi connectivity index (χ0) is 25.9. The lowest BCUT2D eigenvalue weighted by Crippen LogP contribution is -2.32. The molecule has 1 amide bonds. The fourth-order valence-electron chi connectivity index (χ4n) is 4.06. The van der Waals surface area contributed by atoms with E-state index in [1.165, 1.54) is 6.07 Å². The van der Waals surface area contributed by atoms with E-state index in [0.717, 1.165) is 11.8 Å². The lowest BCUT2D eigenvalue weighted by Gasteiger charge is -2.23. The summed E-state index contributed by atoms with van der Waals surface area (Å²) in [6.45, 7) is 3.54. The van der Waals surface area contributed by atoms with Crippen molar-refractivity contribution in [3.63, 3.8) is 0 Å². The quantitative estimate of drug-likeness (QED) is 0.424. The molecule has 0 bridgehead atoms. The number of ether oxygens (including phenoxy) is 3. The van der Waals surface area contributed by atoms with Gasteiger partial charge in [-0.1, -0.05) is 12.1 Å². The van der Waals surface area contributed by atoms with Gasteiger partial charge in [-0.05, 0) is 31.5 Å². The number of aromatic amines is 1. The van der Waals surface area contributed by atoms with Crippen molar-refractivity contribution in [2.24, 2.45) is 0 Å². The van der Waals surface area contributed by atoms with Crippen LogP contribution < -0.4 is 14.8 Å². The van der Waals surface area contributed by atoms with Crippen molar-refractivity contribution < 1.29 is 32.2 Å². The number of para-hydroxylation sites is 1. The maximum Gasteiger partial charge on any atom is 0.272 e. The summed E-state index contributed by atoms with van der Waals surface area (Å²) in [6.07, 6.45) is 1.06. The Labute approximate surface area is 207 Å². The Morgan fingerprint density at radius 2 is 2.00 bits per heavy atom. The third-order valence-corrected chi connectivity index (χ3v) is 6.02. The fraction of sp³-hybridized carbons (Fsp3) is 0.385. The molecule has 0 saturated heterocycles. The van der Waals surface area contributed by atoms with E-state index in [0.29, 0.717) is 46.7 Å². The van der Waals surface area contributed by atoms with Gasteiger partial charge in [0.25, 0.3) is 12.3 Å². The molecule has 3 aromatic rings. The summed E-state index contributed by atoms with van der Waals surface area (Å²) in [5, 5.41) is 2.84. The third-order valence-electron chi connectivity index (χ3n) is 6.02. The standard InChI is InChI=1S/C26H28F3N3O4/c1-26(2,34-3)14-36-20-12-30-9-7-16(20)23-17(22-19(32-23)8-10-31-25(22)33)11-15-5-4-6-18(27)24(15)35-13-21(28)29/h4-7,9,12,21,32H,8,10-11,13-14H2,1-3H3,(H,31,33). The first-order valence-electron chi connectivity index (χ1n) is 11.5. The lowest BCUT2D eigenvalue weighted by atomic mass is 9.94. The average molecular weight is 504 g/mol. The van der Waals surface area contributed by atoms with Crippen LogP contribution in [0.15, 0.2) is 36.7 Å². The molecule has 7 nitrogen and oxygen atoms in total. The number of hydrogen-bond donors (Lipinski definition) is 2. The van der Waals surface area contributed by atoms with Crippen LogP contribution in [0.3, 0.4) is 0 Å². The summed E-state index contributed by atoms with van der Waals surface area (Å²) in [6, 6.07) is 5.98. The van der Waals surface area contributed by atoms with Gasteiger partial charge in [0.15, 0.2) is 11.6 Å². The summed E-state index contributed by atoms with van der Waals surface area (Å²) in [4.78, 5) is 20.4. The van der Waals surface area contributed by atoms with Crippen molar-refractivity contribution in [2.75, 3.05) is 26.9 Å². The zero-order valence-corrected chi connectivity index (χ0v) is 20.3. The number of hydrogen-bond acceptors (Lipinski definition) is 5. The van der Waals surface area contributed by atoms with Crippen LogP contribution in [0.2, 0.25) is 0 Å². The van der Waals surface area contributed by atoms with Gasteiger partial charge in [0.1, 0.15) is 19.0 Å². The van der Waals surface area contributed by atoms with E-state index >= 15 is 0 Å². The molecule has 2 aromatic heterocycles. The van der Waals surface area contributed by atoms with E-state index in [1.807, 2.05) is 13.8 Å². The van der Waals surface area contributed by atoms with E-state index < -0.39 is 24.5 Å². The number of methoxy groups -OCH3 is 1. The Morgan fingerprint density at radius 3 is 2.75 bits per heavy atom. The highest BCUT2D eigenvalue weighted by Crippen LogP contribution is 2.38. The van der Waals surface area contributed by atoms with Gasteiger partial charge >= 0.3 is 0 Å². The molecule has 1 aliphatic heterocycles. The maximum absolute atomic E-state index is 14.6. The van der Waals surface area contributed by atoms with Gasteiger partial charge in [-0.15, -0.1) is 0 Å². The van der Waals surface area contributed by atoms with Crippen LogP contribution in [0, 0.1) is 5.82 Å². The Morgan fingerprint density at radius 1 is 1.19 bits per heavy atom. The molecule has 1 aliphatic rings. The number of rotatable bonds is 10. The minimum Gasteiger partial charge on any atom is -0.488 e. The number of benzene rings is 1. The Kier molecular flexibility index (Phi) is 7.53. The summed E-state index contributed by atoms with van der Waals surface area (Å²) in [5.41, 5.74) is 2.80. The molecule has 0 atom stereocenters. The highest BCUT2D eigenvalue weighted by atomic mass is 19.3. The summed E-state index contributed by atoms with van der Waals surface area (Å²) < 4.78 is 56.8. The number of alkyl halides is 2. The van der Waals surface area contributed by atoms with Crippen molar-refractivity contribution in [1.29, 1.82) is 0 Å². The van der Waals surface area contributed by atoms with Crippen LogP contribution >= 0.6 is 0 Å². The highest BCUT2D eigenvalue weighted by Gasteiger charge is 2.29. The van der Waals surface area contributed by atoms with Gasteiger partial charge in [0.05, 0.1) is 23.1 Å². The number of nitrogens with zero attached hydrogens (tertiary/aromatic N) is 1. The first-order valence-corrected chi connectivity index (χ1v) is 11.5. The Bertz CT molecular complexity index is 1240. The number of carbonyl (C=O) groups excluding carboxylic acids is 1. The van der Waals surface area contributed by atoms with Crippen molar-refractivity contribution in [1.82, 2.24) is 15.3 Å². The maximum atomic E-state index is 14.6. The van der Waals surface area contributed by atoms with Crippen LogP contribution in [0.4, 0.5) is 13.2 Å². The molecule has 3 heterocycles. The first kappa shape index (κ1) is 25.6. The van der Waals surface area contributed by atoms with Gasteiger partial charge in [-0.25, -0.2) is 13.2 Å². The summed E-state index contributed by atoms with van der Waals surface area (Å²) >= 11 is 0. The van der Waals surface area contributed by atoms with Crippen LogP contribution in [0.25, 0.3) is 11.3 Å². The third kappa shape index (κ3) is 5.48. The number of nitrogens with one attached hydrogen (secondary N) is 2. The number of fused-ring (bicyclic) bond motifs is 1. The van der Waals surface area contributed by atoms with E-state index in [9.17, 15) is 18.0 Å². The smallest absolute Gasteiger partial charge is 0.272 e. The Hall–Kier alpha value is -3.53. The number of carbonyl (C=O) groups is 1. The van der Waals surface area contributed by atoms with Crippen molar-refractivity contribution in [3.8, 4) is 22.8 Å². The second kappa shape index (κ2) is 10.6. The molecule has 0 fully saturated rings. The van der Waals surface area contributed by atoms with Crippen LogP contribution in [-0.4, -0.2) is 54.8 Å². The lowest BCUT2D eigenvalue weighted by molar-refractivity contribution is -0.0146. The predicted octanol–water partition coefficient (Wildman–Crippen LogP) is 4.54.